The smallest absolute Gasteiger partial charge is 0.387 e. The molecule has 0 amide bonds. The average Bonchev–Trinajstić information content (AvgIpc) is 2.58. The molecule has 0 bridgehead atoms. The highest BCUT2D eigenvalue weighted by molar-refractivity contribution is 9.10. The molecule has 0 aromatic heterocycles. The van der Waals surface area contributed by atoms with Crippen molar-refractivity contribution >= 4 is 15.9 Å². The number of benzene rings is 2. The van der Waals surface area contributed by atoms with E-state index in [9.17, 15) is 13.2 Å². The van der Waals surface area contributed by atoms with Gasteiger partial charge in [0.15, 0.2) is 0 Å². The second kappa shape index (κ2) is 8.21. The highest BCUT2D eigenvalue weighted by atomic mass is 79.9. The van der Waals surface area contributed by atoms with Crippen molar-refractivity contribution in [2.75, 3.05) is 19.7 Å². The third kappa shape index (κ3) is 4.96. The van der Waals surface area contributed by atoms with Crippen molar-refractivity contribution < 1.29 is 22.6 Å². The number of hydrogen-bond acceptors (Lipinski definition) is 3. The van der Waals surface area contributed by atoms with Gasteiger partial charge in [-0.05, 0) is 35.9 Å². The van der Waals surface area contributed by atoms with Gasteiger partial charge >= 0.3 is 6.61 Å². The molecule has 1 heterocycles. The van der Waals surface area contributed by atoms with Gasteiger partial charge in [-0.25, -0.2) is 4.39 Å². The van der Waals surface area contributed by atoms with Crippen LogP contribution in [0.25, 0.3) is 0 Å². The average molecular weight is 416 g/mol. The molecule has 0 N–H and O–H groups in total. The molecule has 7 heteroatoms. The van der Waals surface area contributed by atoms with Gasteiger partial charge in [0.2, 0.25) is 0 Å². The largest absolute Gasteiger partial charge is 0.434 e. The van der Waals surface area contributed by atoms with Crippen LogP contribution in [-0.2, 0) is 11.3 Å². The Balaban J connectivity index is 1.72. The molecular formula is C18H17BrF3NO2. The molecule has 25 heavy (non-hydrogen) atoms. The van der Waals surface area contributed by atoms with E-state index in [1.54, 1.807) is 24.3 Å². The van der Waals surface area contributed by atoms with Crippen molar-refractivity contribution in [1.29, 1.82) is 0 Å². The molecule has 0 aliphatic carbocycles. The zero-order valence-corrected chi connectivity index (χ0v) is 14.9. The standard InChI is InChI=1S/C18H17BrF3NO2/c19-14-3-6-16(25-18(21)22)13(9-14)10-23-7-8-24-17(11-23)12-1-4-15(20)5-2-12/h1-6,9,17-18H,7-8,10-11H2. The summed E-state index contributed by atoms with van der Waals surface area (Å²) < 4.78 is 49.4. The summed E-state index contributed by atoms with van der Waals surface area (Å²) in [5.74, 6) is -0.123. The minimum absolute atomic E-state index is 0.169. The van der Waals surface area contributed by atoms with Crippen LogP contribution in [0.2, 0.25) is 0 Å². The van der Waals surface area contributed by atoms with Crippen molar-refractivity contribution in [2.45, 2.75) is 19.3 Å². The van der Waals surface area contributed by atoms with Gasteiger partial charge in [0.25, 0.3) is 0 Å². The van der Waals surface area contributed by atoms with E-state index < -0.39 is 6.61 Å². The van der Waals surface area contributed by atoms with Gasteiger partial charge in [0.1, 0.15) is 11.6 Å². The molecule has 0 spiro atoms. The number of rotatable bonds is 5. The van der Waals surface area contributed by atoms with Crippen molar-refractivity contribution in [2.24, 2.45) is 0 Å². The summed E-state index contributed by atoms with van der Waals surface area (Å²) in [7, 11) is 0. The van der Waals surface area contributed by atoms with Crippen molar-refractivity contribution in [3.8, 4) is 5.75 Å². The van der Waals surface area contributed by atoms with Gasteiger partial charge in [0, 0.05) is 29.7 Å². The maximum Gasteiger partial charge on any atom is 0.387 e. The summed E-state index contributed by atoms with van der Waals surface area (Å²) in [6.45, 7) is -0.620. The summed E-state index contributed by atoms with van der Waals surface area (Å²) in [5, 5.41) is 0. The lowest BCUT2D eigenvalue weighted by Crippen LogP contribution is -2.37. The summed E-state index contributed by atoms with van der Waals surface area (Å²) in [4.78, 5) is 2.11. The van der Waals surface area contributed by atoms with Crippen LogP contribution in [0.1, 0.15) is 17.2 Å². The van der Waals surface area contributed by atoms with E-state index in [1.807, 2.05) is 0 Å². The second-order valence-electron chi connectivity index (χ2n) is 5.78. The Hall–Kier alpha value is -1.57. The third-order valence-corrected chi connectivity index (χ3v) is 4.52. The van der Waals surface area contributed by atoms with Crippen LogP contribution >= 0.6 is 15.9 Å². The highest BCUT2D eigenvalue weighted by Crippen LogP contribution is 2.29. The molecule has 0 saturated carbocycles. The molecule has 1 saturated heterocycles. The van der Waals surface area contributed by atoms with E-state index in [2.05, 4.69) is 25.6 Å². The Morgan fingerprint density at radius 2 is 1.96 bits per heavy atom. The Labute approximate surface area is 152 Å². The molecule has 1 unspecified atom stereocenters. The van der Waals surface area contributed by atoms with Gasteiger partial charge in [-0.3, -0.25) is 4.90 Å². The minimum atomic E-state index is -2.86. The Bertz CT molecular complexity index is 712. The van der Waals surface area contributed by atoms with Crippen molar-refractivity contribution in [3.05, 3.63) is 63.9 Å². The fourth-order valence-corrected chi connectivity index (χ4v) is 3.26. The van der Waals surface area contributed by atoms with Gasteiger partial charge in [0.05, 0.1) is 12.7 Å². The maximum atomic E-state index is 13.1. The van der Waals surface area contributed by atoms with Crippen LogP contribution in [0.5, 0.6) is 5.75 Å². The van der Waals surface area contributed by atoms with E-state index >= 15 is 0 Å². The monoisotopic (exact) mass is 415 g/mol. The topological polar surface area (TPSA) is 21.7 Å². The van der Waals surface area contributed by atoms with Gasteiger partial charge < -0.3 is 9.47 Å². The zero-order valence-electron chi connectivity index (χ0n) is 13.3. The van der Waals surface area contributed by atoms with E-state index in [-0.39, 0.29) is 17.7 Å². The van der Waals surface area contributed by atoms with E-state index in [1.165, 1.54) is 18.2 Å². The molecule has 0 radical (unpaired) electrons. The predicted molar refractivity (Wildman–Crippen MR) is 91.1 cm³/mol. The van der Waals surface area contributed by atoms with Crippen LogP contribution in [0.3, 0.4) is 0 Å². The predicted octanol–water partition coefficient (Wildman–Crippen LogP) is 4.76. The van der Waals surface area contributed by atoms with E-state index in [4.69, 9.17) is 4.74 Å². The first-order chi connectivity index (χ1) is 12.0. The van der Waals surface area contributed by atoms with Gasteiger partial charge in [-0.1, -0.05) is 28.1 Å². The summed E-state index contributed by atoms with van der Waals surface area (Å²) >= 11 is 3.36. The molecule has 2 aromatic rings. The van der Waals surface area contributed by atoms with Gasteiger partial charge in [-0.2, -0.15) is 8.78 Å². The first-order valence-electron chi connectivity index (χ1n) is 7.84. The molecule has 2 aromatic carbocycles. The molecule has 1 atom stereocenters. The Kier molecular flexibility index (Phi) is 5.98. The minimum Gasteiger partial charge on any atom is -0.434 e. The quantitative estimate of drug-likeness (QED) is 0.702. The van der Waals surface area contributed by atoms with Crippen LogP contribution in [0.15, 0.2) is 46.9 Å². The second-order valence-corrected chi connectivity index (χ2v) is 6.69. The molecule has 1 aliphatic rings. The number of nitrogens with zero attached hydrogens (tertiary/aromatic N) is 1. The Morgan fingerprint density at radius 1 is 1.20 bits per heavy atom. The SMILES string of the molecule is Fc1ccc(C2CN(Cc3cc(Br)ccc3OC(F)F)CCO2)cc1. The number of morpholine rings is 1. The first-order valence-corrected chi connectivity index (χ1v) is 8.63. The third-order valence-electron chi connectivity index (χ3n) is 4.02. The summed E-state index contributed by atoms with van der Waals surface area (Å²) in [6.07, 6.45) is -0.180. The van der Waals surface area contributed by atoms with Crippen molar-refractivity contribution in [1.82, 2.24) is 4.90 Å². The number of halogens is 4. The molecule has 134 valence electrons. The molecule has 3 nitrogen and oxygen atoms in total. The fourth-order valence-electron chi connectivity index (χ4n) is 2.85. The maximum absolute atomic E-state index is 13.1. The zero-order chi connectivity index (χ0) is 17.8. The normalized spacial score (nSPS) is 18.5. The van der Waals surface area contributed by atoms with Gasteiger partial charge in [-0.15, -0.1) is 0 Å². The molecular weight excluding hydrogens is 399 g/mol. The molecule has 3 rings (SSSR count). The summed E-state index contributed by atoms with van der Waals surface area (Å²) in [6, 6.07) is 11.2. The Morgan fingerprint density at radius 3 is 2.68 bits per heavy atom. The number of ether oxygens (including phenoxy) is 2. The lowest BCUT2D eigenvalue weighted by molar-refractivity contribution is -0.0527. The number of hydrogen-bond donors (Lipinski definition) is 0. The van der Waals surface area contributed by atoms with Crippen LogP contribution in [-0.4, -0.2) is 31.2 Å². The van der Waals surface area contributed by atoms with Crippen LogP contribution < -0.4 is 4.74 Å². The number of alkyl halides is 2. The highest BCUT2D eigenvalue weighted by Gasteiger charge is 2.23. The van der Waals surface area contributed by atoms with E-state index in [0.717, 1.165) is 10.0 Å². The van der Waals surface area contributed by atoms with Crippen LogP contribution in [0.4, 0.5) is 13.2 Å². The lowest BCUT2D eigenvalue weighted by atomic mass is 10.1. The van der Waals surface area contributed by atoms with Crippen molar-refractivity contribution in [3.63, 3.8) is 0 Å². The first kappa shape index (κ1) is 18.2. The summed E-state index contributed by atoms with van der Waals surface area (Å²) in [5.41, 5.74) is 1.57. The molecule has 1 fully saturated rings. The van der Waals surface area contributed by atoms with E-state index in [0.29, 0.717) is 31.8 Å². The lowest BCUT2D eigenvalue weighted by Gasteiger charge is -2.33. The molecule has 1 aliphatic heterocycles. The van der Waals surface area contributed by atoms with Crippen LogP contribution in [0, 0.1) is 5.82 Å². The fraction of sp³-hybridized carbons (Fsp3) is 0.333.